The van der Waals surface area contributed by atoms with Gasteiger partial charge in [0.15, 0.2) is 0 Å². The largest absolute Gasteiger partial charge is 0.393 e. The molecule has 1 fully saturated rings. The predicted octanol–water partition coefficient (Wildman–Crippen LogP) is 1.91. The second-order valence-electron chi connectivity index (χ2n) is 4.36. The van der Waals surface area contributed by atoms with E-state index in [-0.39, 0.29) is 6.10 Å². The van der Waals surface area contributed by atoms with E-state index in [1.807, 2.05) is 0 Å². The van der Waals surface area contributed by atoms with Gasteiger partial charge in [0, 0.05) is 0 Å². The van der Waals surface area contributed by atoms with Crippen LogP contribution in [0.3, 0.4) is 0 Å². The lowest BCUT2D eigenvalue weighted by molar-refractivity contribution is 0.0838. The molecule has 0 radical (unpaired) electrons. The van der Waals surface area contributed by atoms with Gasteiger partial charge < -0.3 is 10.8 Å². The monoisotopic (exact) mass is 185 g/mol. The molecule has 0 aromatic carbocycles. The number of aliphatic hydroxyl groups excluding tert-OH is 1. The van der Waals surface area contributed by atoms with E-state index >= 15 is 0 Å². The van der Waals surface area contributed by atoms with Crippen molar-refractivity contribution >= 4 is 0 Å². The minimum atomic E-state index is -0.155. The Morgan fingerprint density at radius 2 is 2.00 bits per heavy atom. The lowest BCUT2D eigenvalue weighted by Crippen LogP contribution is -2.28. The second kappa shape index (κ2) is 5.61. The van der Waals surface area contributed by atoms with Crippen LogP contribution in [0.1, 0.15) is 45.4 Å². The van der Waals surface area contributed by atoms with E-state index in [4.69, 9.17) is 5.73 Å². The first-order valence-corrected chi connectivity index (χ1v) is 5.66. The van der Waals surface area contributed by atoms with E-state index < -0.39 is 0 Å². The van der Waals surface area contributed by atoms with Gasteiger partial charge in [0.05, 0.1) is 6.10 Å². The Balaban J connectivity index is 2.25. The van der Waals surface area contributed by atoms with Crippen molar-refractivity contribution in [3.05, 3.63) is 0 Å². The molecule has 2 atom stereocenters. The zero-order valence-electron chi connectivity index (χ0n) is 8.71. The minimum Gasteiger partial charge on any atom is -0.393 e. The van der Waals surface area contributed by atoms with Gasteiger partial charge in [-0.3, -0.25) is 0 Å². The van der Waals surface area contributed by atoms with Gasteiger partial charge in [-0.25, -0.2) is 0 Å². The zero-order chi connectivity index (χ0) is 9.68. The summed E-state index contributed by atoms with van der Waals surface area (Å²) in [5.41, 5.74) is 5.60. The van der Waals surface area contributed by atoms with Gasteiger partial charge in [-0.05, 0) is 31.2 Å². The summed E-state index contributed by atoms with van der Waals surface area (Å²) in [4.78, 5) is 0. The first-order valence-electron chi connectivity index (χ1n) is 5.66. The maximum Gasteiger partial charge on any atom is 0.0583 e. The Labute approximate surface area is 81.5 Å². The summed E-state index contributed by atoms with van der Waals surface area (Å²) in [6.07, 6.45) is 7.18. The SMILES string of the molecule is CCC(CN)C(O)CC1CCCC1. The average molecular weight is 185 g/mol. The molecule has 13 heavy (non-hydrogen) atoms. The predicted molar refractivity (Wildman–Crippen MR) is 55.4 cm³/mol. The molecule has 1 aliphatic carbocycles. The van der Waals surface area contributed by atoms with Crippen molar-refractivity contribution in [2.24, 2.45) is 17.6 Å². The third-order valence-corrected chi connectivity index (χ3v) is 3.42. The van der Waals surface area contributed by atoms with E-state index in [0.29, 0.717) is 12.5 Å². The molecular weight excluding hydrogens is 162 g/mol. The summed E-state index contributed by atoms with van der Waals surface area (Å²) in [7, 11) is 0. The fraction of sp³-hybridized carbons (Fsp3) is 1.00. The van der Waals surface area contributed by atoms with Crippen LogP contribution in [-0.4, -0.2) is 17.8 Å². The summed E-state index contributed by atoms with van der Waals surface area (Å²) in [6, 6.07) is 0. The highest BCUT2D eigenvalue weighted by atomic mass is 16.3. The highest BCUT2D eigenvalue weighted by molar-refractivity contribution is 4.75. The maximum absolute atomic E-state index is 9.89. The maximum atomic E-state index is 9.89. The fourth-order valence-corrected chi connectivity index (χ4v) is 2.38. The molecule has 0 aromatic rings. The molecule has 1 rings (SSSR count). The molecule has 2 heteroatoms. The minimum absolute atomic E-state index is 0.155. The number of rotatable bonds is 5. The molecule has 0 amide bonds. The normalized spacial score (nSPS) is 23.3. The van der Waals surface area contributed by atoms with Gasteiger partial charge in [-0.2, -0.15) is 0 Å². The molecule has 0 saturated heterocycles. The number of hydrogen-bond donors (Lipinski definition) is 2. The quantitative estimate of drug-likeness (QED) is 0.687. The van der Waals surface area contributed by atoms with E-state index in [0.717, 1.165) is 18.8 Å². The third-order valence-electron chi connectivity index (χ3n) is 3.42. The number of aliphatic hydroxyl groups is 1. The summed E-state index contributed by atoms with van der Waals surface area (Å²) in [5, 5.41) is 9.89. The Bertz CT molecular complexity index is 128. The Kier molecular flexibility index (Phi) is 4.74. The highest BCUT2D eigenvalue weighted by Crippen LogP contribution is 2.30. The van der Waals surface area contributed by atoms with Crippen molar-refractivity contribution in [2.45, 2.75) is 51.6 Å². The van der Waals surface area contributed by atoms with Crippen LogP contribution in [0, 0.1) is 11.8 Å². The zero-order valence-corrected chi connectivity index (χ0v) is 8.71. The van der Waals surface area contributed by atoms with Crippen molar-refractivity contribution in [2.75, 3.05) is 6.54 Å². The van der Waals surface area contributed by atoms with Crippen LogP contribution in [0.2, 0.25) is 0 Å². The molecular formula is C11H23NO. The van der Waals surface area contributed by atoms with E-state index in [1.54, 1.807) is 0 Å². The van der Waals surface area contributed by atoms with Gasteiger partial charge in [0.2, 0.25) is 0 Å². The van der Waals surface area contributed by atoms with Crippen molar-refractivity contribution in [3.8, 4) is 0 Å². The summed E-state index contributed by atoms with van der Waals surface area (Å²) in [5.74, 6) is 1.09. The molecule has 0 aromatic heterocycles. The topological polar surface area (TPSA) is 46.2 Å². The molecule has 0 heterocycles. The Hall–Kier alpha value is -0.0800. The molecule has 2 unspecified atom stereocenters. The summed E-state index contributed by atoms with van der Waals surface area (Å²) < 4.78 is 0. The fourth-order valence-electron chi connectivity index (χ4n) is 2.38. The van der Waals surface area contributed by atoms with E-state index in [1.165, 1.54) is 25.7 Å². The van der Waals surface area contributed by atoms with Crippen molar-refractivity contribution in [1.82, 2.24) is 0 Å². The van der Waals surface area contributed by atoms with Crippen molar-refractivity contribution in [3.63, 3.8) is 0 Å². The van der Waals surface area contributed by atoms with Crippen LogP contribution < -0.4 is 5.73 Å². The van der Waals surface area contributed by atoms with Crippen molar-refractivity contribution in [1.29, 1.82) is 0 Å². The summed E-state index contributed by atoms with van der Waals surface area (Å²) >= 11 is 0. The number of hydrogen-bond acceptors (Lipinski definition) is 2. The molecule has 1 aliphatic rings. The molecule has 3 N–H and O–H groups in total. The van der Waals surface area contributed by atoms with Gasteiger partial charge >= 0.3 is 0 Å². The van der Waals surface area contributed by atoms with Crippen LogP contribution in [0.4, 0.5) is 0 Å². The van der Waals surface area contributed by atoms with Crippen LogP contribution in [-0.2, 0) is 0 Å². The lowest BCUT2D eigenvalue weighted by atomic mass is 9.90. The van der Waals surface area contributed by atoms with Crippen LogP contribution in [0.5, 0.6) is 0 Å². The molecule has 0 aliphatic heterocycles. The second-order valence-corrected chi connectivity index (χ2v) is 4.36. The molecule has 78 valence electrons. The smallest absolute Gasteiger partial charge is 0.0583 e. The first-order chi connectivity index (χ1) is 6.27. The molecule has 2 nitrogen and oxygen atoms in total. The Morgan fingerprint density at radius 1 is 1.38 bits per heavy atom. The molecule has 0 bridgehead atoms. The van der Waals surface area contributed by atoms with Crippen LogP contribution in [0.25, 0.3) is 0 Å². The van der Waals surface area contributed by atoms with Gasteiger partial charge in [-0.1, -0.05) is 32.6 Å². The average Bonchev–Trinajstić information content (AvgIpc) is 2.59. The summed E-state index contributed by atoms with van der Waals surface area (Å²) in [6.45, 7) is 2.74. The Morgan fingerprint density at radius 3 is 2.46 bits per heavy atom. The van der Waals surface area contributed by atoms with E-state index in [2.05, 4.69) is 6.92 Å². The van der Waals surface area contributed by atoms with E-state index in [9.17, 15) is 5.11 Å². The molecule has 1 saturated carbocycles. The van der Waals surface area contributed by atoms with Crippen molar-refractivity contribution < 1.29 is 5.11 Å². The van der Waals surface area contributed by atoms with Gasteiger partial charge in [-0.15, -0.1) is 0 Å². The van der Waals surface area contributed by atoms with Crippen LogP contribution >= 0.6 is 0 Å². The first kappa shape index (κ1) is 11.0. The number of nitrogens with two attached hydrogens (primary N) is 1. The highest BCUT2D eigenvalue weighted by Gasteiger charge is 2.22. The van der Waals surface area contributed by atoms with Crippen LogP contribution in [0.15, 0.2) is 0 Å². The third kappa shape index (κ3) is 3.28. The van der Waals surface area contributed by atoms with Gasteiger partial charge in [0.25, 0.3) is 0 Å². The molecule has 0 spiro atoms. The standard InChI is InChI=1S/C11H23NO/c1-2-10(8-12)11(13)7-9-5-3-4-6-9/h9-11,13H,2-8,12H2,1H3. The lowest BCUT2D eigenvalue weighted by Gasteiger charge is -2.22. The van der Waals surface area contributed by atoms with Gasteiger partial charge in [0.1, 0.15) is 0 Å².